The molecule has 3 heteroatoms. The number of rotatable bonds is 2. The second-order valence-electron chi connectivity index (χ2n) is 3.35. The Bertz CT molecular complexity index is 421. The fourth-order valence-corrected chi connectivity index (χ4v) is 1.39. The SMILES string of the molecule is NC1C=CC(C(=O)c2ccccc2)=CN1. The highest BCUT2D eigenvalue weighted by Gasteiger charge is 2.12. The van der Waals surface area contributed by atoms with Crippen molar-refractivity contribution in [2.75, 3.05) is 0 Å². The lowest BCUT2D eigenvalue weighted by atomic mass is 10.0. The van der Waals surface area contributed by atoms with Crippen molar-refractivity contribution < 1.29 is 4.79 Å². The maximum atomic E-state index is 11.9. The number of nitrogens with two attached hydrogens (primary N) is 1. The molecule has 1 heterocycles. The van der Waals surface area contributed by atoms with Gasteiger partial charge < -0.3 is 11.1 Å². The molecular weight excluding hydrogens is 188 g/mol. The van der Waals surface area contributed by atoms with E-state index in [2.05, 4.69) is 5.32 Å². The van der Waals surface area contributed by atoms with Crippen LogP contribution in [0.2, 0.25) is 0 Å². The zero-order chi connectivity index (χ0) is 10.7. The van der Waals surface area contributed by atoms with Crippen LogP contribution in [-0.4, -0.2) is 11.9 Å². The van der Waals surface area contributed by atoms with E-state index in [1.54, 1.807) is 30.5 Å². The van der Waals surface area contributed by atoms with Gasteiger partial charge in [0, 0.05) is 17.3 Å². The van der Waals surface area contributed by atoms with Gasteiger partial charge in [-0.15, -0.1) is 0 Å². The molecule has 1 aromatic rings. The fraction of sp³-hybridized carbons (Fsp3) is 0.0833. The Kier molecular flexibility index (Phi) is 2.65. The third-order valence-corrected chi connectivity index (χ3v) is 2.21. The van der Waals surface area contributed by atoms with Crippen LogP contribution in [0.15, 0.2) is 54.3 Å². The molecule has 1 aromatic carbocycles. The summed E-state index contributed by atoms with van der Waals surface area (Å²) >= 11 is 0. The standard InChI is InChI=1S/C12H12N2O/c13-11-7-6-10(8-14-11)12(15)9-4-2-1-3-5-9/h1-8,11,14H,13H2. The summed E-state index contributed by atoms with van der Waals surface area (Å²) in [5.41, 5.74) is 6.90. The Morgan fingerprint density at radius 3 is 2.60 bits per heavy atom. The molecule has 1 atom stereocenters. The number of carbonyl (C=O) groups is 1. The minimum Gasteiger partial charge on any atom is -0.372 e. The molecule has 0 spiro atoms. The maximum Gasteiger partial charge on any atom is 0.194 e. The monoisotopic (exact) mass is 200 g/mol. The molecule has 0 amide bonds. The summed E-state index contributed by atoms with van der Waals surface area (Å²) < 4.78 is 0. The molecule has 0 fully saturated rings. The summed E-state index contributed by atoms with van der Waals surface area (Å²) in [7, 11) is 0. The normalized spacial score (nSPS) is 19.3. The van der Waals surface area contributed by atoms with Crippen LogP contribution in [0.3, 0.4) is 0 Å². The first-order chi connectivity index (χ1) is 7.27. The van der Waals surface area contributed by atoms with Gasteiger partial charge in [0.25, 0.3) is 0 Å². The molecule has 1 aliphatic heterocycles. The number of carbonyl (C=O) groups excluding carboxylic acids is 1. The van der Waals surface area contributed by atoms with Crippen LogP contribution in [-0.2, 0) is 0 Å². The molecule has 0 saturated carbocycles. The summed E-state index contributed by atoms with van der Waals surface area (Å²) in [6.45, 7) is 0. The van der Waals surface area contributed by atoms with Crippen LogP contribution in [0.4, 0.5) is 0 Å². The molecule has 15 heavy (non-hydrogen) atoms. The number of nitrogens with one attached hydrogen (secondary N) is 1. The zero-order valence-electron chi connectivity index (χ0n) is 8.18. The van der Waals surface area contributed by atoms with E-state index in [9.17, 15) is 4.79 Å². The van der Waals surface area contributed by atoms with Crippen molar-refractivity contribution in [3.05, 3.63) is 59.8 Å². The maximum absolute atomic E-state index is 11.9. The molecule has 76 valence electrons. The third kappa shape index (κ3) is 2.14. The minimum absolute atomic E-state index is 0.00579. The Hall–Kier alpha value is -1.87. The number of Topliss-reactive ketones (excluding diaryl/α,β-unsaturated/α-hetero) is 1. The van der Waals surface area contributed by atoms with Gasteiger partial charge in [-0.05, 0) is 6.08 Å². The van der Waals surface area contributed by atoms with Crippen LogP contribution < -0.4 is 11.1 Å². The third-order valence-electron chi connectivity index (χ3n) is 2.21. The molecule has 3 N–H and O–H groups in total. The van der Waals surface area contributed by atoms with E-state index in [0.717, 1.165) is 0 Å². The van der Waals surface area contributed by atoms with Gasteiger partial charge in [0.15, 0.2) is 5.78 Å². The van der Waals surface area contributed by atoms with Crippen LogP contribution >= 0.6 is 0 Å². The van der Waals surface area contributed by atoms with Crippen molar-refractivity contribution in [1.82, 2.24) is 5.32 Å². The lowest BCUT2D eigenvalue weighted by Gasteiger charge is -2.13. The van der Waals surface area contributed by atoms with E-state index >= 15 is 0 Å². The lowest BCUT2D eigenvalue weighted by molar-refractivity contribution is 0.103. The minimum atomic E-state index is -0.197. The number of allylic oxidation sites excluding steroid dienone is 2. The molecule has 3 nitrogen and oxygen atoms in total. The van der Waals surface area contributed by atoms with Crippen molar-refractivity contribution in [2.24, 2.45) is 5.73 Å². The summed E-state index contributed by atoms with van der Waals surface area (Å²) in [5, 5.41) is 2.89. The summed E-state index contributed by atoms with van der Waals surface area (Å²) in [5.74, 6) is 0.00579. The van der Waals surface area contributed by atoms with Crippen LogP contribution in [0, 0.1) is 0 Å². The van der Waals surface area contributed by atoms with Gasteiger partial charge >= 0.3 is 0 Å². The number of hydrogen-bond donors (Lipinski definition) is 2. The predicted molar refractivity (Wildman–Crippen MR) is 59.1 cm³/mol. The Labute approximate surface area is 88.3 Å². The molecule has 1 unspecified atom stereocenters. The average molecular weight is 200 g/mol. The molecule has 2 rings (SSSR count). The van der Waals surface area contributed by atoms with E-state index in [1.165, 1.54) is 0 Å². The highest BCUT2D eigenvalue weighted by atomic mass is 16.1. The van der Waals surface area contributed by atoms with E-state index in [-0.39, 0.29) is 11.9 Å². The molecule has 0 aromatic heterocycles. The number of dihydropyridines is 1. The van der Waals surface area contributed by atoms with Gasteiger partial charge in [0.2, 0.25) is 0 Å². The van der Waals surface area contributed by atoms with Gasteiger partial charge in [-0.2, -0.15) is 0 Å². The van der Waals surface area contributed by atoms with Crippen molar-refractivity contribution in [2.45, 2.75) is 6.17 Å². The first kappa shape index (κ1) is 9.68. The first-order valence-electron chi connectivity index (χ1n) is 4.77. The Morgan fingerprint density at radius 2 is 2.00 bits per heavy atom. The fourth-order valence-electron chi connectivity index (χ4n) is 1.39. The first-order valence-corrected chi connectivity index (χ1v) is 4.77. The van der Waals surface area contributed by atoms with Gasteiger partial charge in [0.1, 0.15) is 0 Å². The zero-order valence-corrected chi connectivity index (χ0v) is 8.18. The van der Waals surface area contributed by atoms with E-state index in [4.69, 9.17) is 5.73 Å². The quantitative estimate of drug-likeness (QED) is 0.705. The van der Waals surface area contributed by atoms with Crippen molar-refractivity contribution in [3.8, 4) is 0 Å². The van der Waals surface area contributed by atoms with E-state index in [1.807, 2.05) is 18.2 Å². The summed E-state index contributed by atoms with van der Waals surface area (Å²) in [4.78, 5) is 11.9. The van der Waals surface area contributed by atoms with Gasteiger partial charge in [-0.3, -0.25) is 4.79 Å². The molecule has 0 bridgehead atoms. The van der Waals surface area contributed by atoms with E-state index in [0.29, 0.717) is 11.1 Å². The molecule has 0 radical (unpaired) electrons. The van der Waals surface area contributed by atoms with Crippen LogP contribution in [0.1, 0.15) is 10.4 Å². The Morgan fingerprint density at radius 1 is 1.27 bits per heavy atom. The van der Waals surface area contributed by atoms with Crippen molar-refractivity contribution >= 4 is 5.78 Å². The van der Waals surface area contributed by atoms with Gasteiger partial charge in [-0.25, -0.2) is 0 Å². The number of ketones is 1. The largest absolute Gasteiger partial charge is 0.372 e. The van der Waals surface area contributed by atoms with Gasteiger partial charge in [-0.1, -0.05) is 36.4 Å². The molecule has 1 aliphatic rings. The van der Waals surface area contributed by atoms with Crippen molar-refractivity contribution in [3.63, 3.8) is 0 Å². The smallest absolute Gasteiger partial charge is 0.194 e. The second kappa shape index (κ2) is 4.11. The highest BCUT2D eigenvalue weighted by molar-refractivity contribution is 6.10. The molecule has 0 aliphatic carbocycles. The van der Waals surface area contributed by atoms with Crippen LogP contribution in [0.5, 0.6) is 0 Å². The lowest BCUT2D eigenvalue weighted by Crippen LogP contribution is -2.34. The predicted octanol–water partition coefficient (Wildman–Crippen LogP) is 1.20. The topological polar surface area (TPSA) is 55.1 Å². The molecular formula is C12H12N2O. The summed E-state index contributed by atoms with van der Waals surface area (Å²) in [6, 6.07) is 9.17. The highest BCUT2D eigenvalue weighted by Crippen LogP contribution is 2.10. The van der Waals surface area contributed by atoms with Crippen LogP contribution in [0.25, 0.3) is 0 Å². The van der Waals surface area contributed by atoms with Gasteiger partial charge in [0.05, 0.1) is 6.17 Å². The molecule has 0 saturated heterocycles. The number of benzene rings is 1. The Balaban J connectivity index is 2.20. The summed E-state index contributed by atoms with van der Waals surface area (Å²) in [6.07, 6.45) is 4.96. The number of hydrogen-bond acceptors (Lipinski definition) is 3. The van der Waals surface area contributed by atoms with E-state index < -0.39 is 0 Å². The average Bonchev–Trinajstić information content (AvgIpc) is 2.30. The second-order valence-corrected chi connectivity index (χ2v) is 3.35. The van der Waals surface area contributed by atoms with Crippen molar-refractivity contribution in [1.29, 1.82) is 0 Å².